The van der Waals surface area contributed by atoms with Gasteiger partial charge < -0.3 is 20.3 Å². The summed E-state index contributed by atoms with van der Waals surface area (Å²) >= 11 is 3.51. The third-order valence-electron chi connectivity index (χ3n) is 15.8. The lowest BCUT2D eigenvalue weighted by molar-refractivity contribution is -0.252. The van der Waals surface area contributed by atoms with Crippen LogP contribution in [0.15, 0.2) is 22.7 Å². The fourth-order valence-corrected chi connectivity index (χ4v) is 12.3. The Morgan fingerprint density at radius 3 is 2.45 bits per heavy atom. The number of fused-ring (bicyclic) bond motifs is 3. The average Bonchev–Trinajstić information content (AvgIpc) is 3.42. The van der Waals surface area contributed by atoms with Crippen molar-refractivity contribution in [1.82, 2.24) is 14.8 Å². The van der Waals surface area contributed by atoms with Gasteiger partial charge in [-0.3, -0.25) is 4.79 Å². The van der Waals surface area contributed by atoms with E-state index < -0.39 is 17.4 Å². The van der Waals surface area contributed by atoms with E-state index in [1.165, 1.54) is 5.57 Å². The lowest BCUT2D eigenvalue weighted by Gasteiger charge is -2.71. The Hall–Kier alpha value is -1.29. The van der Waals surface area contributed by atoms with Crippen molar-refractivity contribution < 1.29 is 19.4 Å². The van der Waals surface area contributed by atoms with Gasteiger partial charge in [-0.1, -0.05) is 74.0 Å². The molecular weight excluding hydrogens is 656 g/mol. The average molecular weight is 718 g/mol. The molecule has 6 rings (SSSR count). The third kappa shape index (κ3) is 5.00. The van der Waals surface area contributed by atoms with Crippen LogP contribution in [0.2, 0.25) is 0 Å². The third-order valence-corrected chi connectivity index (χ3v) is 16.2. The van der Waals surface area contributed by atoms with E-state index in [4.69, 9.17) is 20.3 Å². The number of nitrogens with two attached hydrogens (primary N) is 1. The number of aliphatic carboxylic acids is 1. The Morgan fingerprint density at radius 1 is 1.15 bits per heavy atom. The fourth-order valence-electron chi connectivity index (χ4n) is 12.0. The molecule has 2 bridgehead atoms. The maximum Gasteiger partial charge on any atom is 0.307 e. The minimum atomic E-state index is -0.617. The summed E-state index contributed by atoms with van der Waals surface area (Å²) in [5, 5.41) is 15.8. The number of hydrogen-bond acceptors (Lipinski definition) is 6. The molecule has 0 radical (unpaired) electrons. The first-order chi connectivity index (χ1) is 21.8. The van der Waals surface area contributed by atoms with Crippen molar-refractivity contribution in [2.24, 2.45) is 68.3 Å². The predicted molar refractivity (Wildman–Crippen MR) is 188 cm³/mol. The van der Waals surface area contributed by atoms with Gasteiger partial charge in [-0.05, 0) is 107 Å². The van der Waals surface area contributed by atoms with Crippen molar-refractivity contribution in [2.45, 2.75) is 125 Å². The summed E-state index contributed by atoms with van der Waals surface area (Å²) in [6.45, 7) is 24.4. The Bertz CT molecular complexity index is 1410. The van der Waals surface area contributed by atoms with Gasteiger partial charge in [0.1, 0.15) is 6.33 Å². The first-order valence-electron chi connectivity index (χ1n) is 18.3. The molecule has 3 saturated carbocycles. The number of nitrogens with zero attached hydrogens (tertiary/aromatic N) is 3. The molecule has 1 aromatic rings. The topological polar surface area (TPSA) is 112 Å². The van der Waals surface area contributed by atoms with Crippen molar-refractivity contribution in [3.8, 4) is 0 Å². The molecule has 47 heavy (non-hydrogen) atoms. The first kappa shape index (κ1) is 35.5. The van der Waals surface area contributed by atoms with E-state index in [-0.39, 0.29) is 45.1 Å². The highest BCUT2D eigenvalue weighted by Gasteiger charge is 2.72. The second-order valence-electron chi connectivity index (χ2n) is 18.5. The minimum Gasteiger partial charge on any atom is -0.481 e. The zero-order chi connectivity index (χ0) is 34.5. The molecule has 0 unspecified atom stereocenters. The summed E-state index contributed by atoms with van der Waals surface area (Å²) in [4.78, 5) is 17.9. The van der Waals surface area contributed by atoms with Crippen LogP contribution in [-0.2, 0) is 14.3 Å². The van der Waals surface area contributed by atoms with Crippen LogP contribution in [0.1, 0.15) is 114 Å². The summed E-state index contributed by atoms with van der Waals surface area (Å²) < 4.78 is 16.3. The molecule has 1 saturated heterocycles. The molecule has 1 aliphatic heterocycles. The van der Waals surface area contributed by atoms with Crippen LogP contribution < -0.4 is 5.73 Å². The highest BCUT2D eigenvalue weighted by molar-refractivity contribution is 9.10. The summed E-state index contributed by atoms with van der Waals surface area (Å²) in [5.41, 5.74) is 6.71. The van der Waals surface area contributed by atoms with E-state index in [0.29, 0.717) is 48.2 Å². The van der Waals surface area contributed by atoms with Crippen LogP contribution in [0.4, 0.5) is 0 Å². The Balaban J connectivity index is 1.44. The number of allylic oxidation sites excluding steroid dienone is 1. The molecule has 12 atom stereocenters. The number of carboxylic acids is 1. The molecule has 1 aromatic heterocycles. The monoisotopic (exact) mass is 716 g/mol. The molecule has 8 nitrogen and oxygen atoms in total. The van der Waals surface area contributed by atoms with Crippen molar-refractivity contribution in [3.63, 3.8) is 0 Å². The first-order valence-corrected chi connectivity index (χ1v) is 19.1. The molecular formula is C38H61BrN4O4. The molecule has 0 spiro atoms. The second-order valence-corrected chi connectivity index (χ2v) is 19.2. The van der Waals surface area contributed by atoms with Crippen molar-refractivity contribution in [2.75, 3.05) is 19.8 Å². The van der Waals surface area contributed by atoms with Gasteiger partial charge in [-0.2, -0.15) is 0 Å². The summed E-state index contributed by atoms with van der Waals surface area (Å²) in [7, 11) is 0. The molecule has 4 aliphatic carbocycles. The Kier molecular flexibility index (Phi) is 8.79. The van der Waals surface area contributed by atoms with Gasteiger partial charge in [0.2, 0.25) is 4.73 Å². The van der Waals surface area contributed by atoms with Gasteiger partial charge in [-0.25, -0.2) is 9.67 Å². The van der Waals surface area contributed by atoms with E-state index in [1.807, 2.05) is 11.0 Å². The van der Waals surface area contributed by atoms with E-state index >= 15 is 0 Å². The molecule has 2 heterocycles. The molecule has 3 N–H and O–H groups in total. The molecule has 4 fully saturated rings. The maximum absolute atomic E-state index is 13.4. The Morgan fingerprint density at radius 2 is 1.85 bits per heavy atom. The van der Waals surface area contributed by atoms with Crippen molar-refractivity contribution in [3.05, 3.63) is 22.7 Å². The van der Waals surface area contributed by atoms with E-state index in [1.54, 1.807) is 0 Å². The molecule has 264 valence electrons. The van der Waals surface area contributed by atoms with E-state index in [0.717, 1.165) is 38.5 Å². The second kappa shape index (κ2) is 11.6. The SMILES string of the molecule is CC(C)[C@@H](C)[C@@]1(C)CC[C@]2(C)[C@H]3CC[C@@H]4[C@@]5(COC[C@]4(C)[C@@H](OC[C@](C)(N)C(C)C)[C@H](n4cnc(Br)n4)C5)C3=CC[C@@]2(C)[C@@H]1C(=O)O. The van der Waals surface area contributed by atoms with Crippen molar-refractivity contribution in [1.29, 1.82) is 0 Å². The van der Waals surface area contributed by atoms with E-state index in [2.05, 4.69) is 96.2 Å². The van der Waals surface area contributed by atoms with Crippen LogP contribution >= 0.6 is 15.9 Å². The molecule has 9 heteroatoms. The van der Waals surface area contributed by atoms with Crippen LogP contribution in [0.25, 0.3) is 0 Å². The number of aromatic nitrogens is 3. The summed E-state index contributed by atoms with van der Waals surface area (Å²) in [6, 6.07) is -0.0315. The molecule has 5 aliphatic rings. The smallest absolute Gasteiger partial charge is 0.307 e. The minimum absolute atomic E-state index is 0.0315. The largest absolute Gasteiger partial charge is 0.481 e. The number of carboxylic acid groups (broad SMARTS) is 1. The van der Waals surface area contributed by atoms with Crippen LogP contribution in [0.3, 0.4) is 0 Å². The number of carbonyl (C=O) groups is 1. The summed E-state index contributed by atoms with van der Waals surface area (Å²) in [6.07, 6.45) is 10.0. The number of halogens is 1. The highest BCUT2D eigenvalue weighted by atomic mass is 79.9. The standard InChI is InChI=1S/C38H61BrN4O4/c1-22(2)24(5)33(6)15-16-35(8)25-11-12-28-34(7)18-46-20-38(28,26(25)13-14-36(35,9)29(33)31(44)45)17-27(43-21-41-32(39)42-43)30(34)47-19-37(10,40)23(3)4/h13,21-25,27-30H,11-12,14-20,40H2,1-10H3,(H,44,45)/t24-,25+,27-,28+,29-,30+,33-,34+,35-,36+,37+,38+/m1/s1. The van der Waals surface area contributed by atoms with Gasteiger partial charge in [0.25, 0.3) is 0 Å². The van der Waals surface area contributed by atoms with Crippen LogP contribution in [0, 0.1) is 62.6 Å². The van der Waals surface area contributed by atoms with Gasteiger partial charge in [0.15, 0.2) is 0 Å². The molecule has 0 aromatic carbocycles. The normalized spacial score (nSPS) is 45.0. The lowest BCUT2D eigenvalue weighted by atomic mass is 9.34. The zero-order valence-electron chi connectivity index (χ0n) is 30.6. The van der Waals surface area contributed by atoms with Crippen LogP contribution in [-0.4, -0.2) is 57.3 Å². The number of ether oxygens (including phenoxy) is 2. The Labute approximate surface area is 291 Å². The zero-order valence-corrected chi connectivity index (χ0v) is 32.2. The van der Waals surface area contributed by atoms with E-state index in [9.17, 15) is 9.90 Å². The highest BCUT2D eigenvalue weighted by Crippen LogP contribution is 2.75. The predicted octanol–water partition coefficient (Wildman–Crippen LogP) is 7.93. The maximum atomic E-state index is 13.4. The quantitative estimate of drug-likeness (QED) is 0.263. The summed E-state index contributed by atoms with van der Waals surface area (Å²) in [5.74, 6) is 0.712. The van der Waals surface area contributed by atoms with Gasteiger partial charge >= 0.3 is 5.97 Å². The molecule has 0 amide bonds. The number of hydrogen-bond donors (Lipinski definition) is 2. The van der Waals surface area contributed by atoms with Gasteiger partial charge in [-0.15, -0.1) is 5.10 Å². The lowest BCUT2D eigenvalue weighted by Crippen LogP contribution is -2.69. The van der Waals surface area contributed by atoms with Crippen molar-refractivity contribution >= 4 is 21.9 Å². The number of rotatable bonds is 8. The fraction of sp³-hybridized carbons (Fsp3) is 0.868. The van der Waals surface area contributed by atoms with Crippen LogP contribution in [0.5, 0.6) is 0 Å². The van der Waals surface area contributed by atoms with Gasteiger partial charge in [0, 0.05) is 16.4 Å². The van der Waals surface area contributed by atoms with Gasteiger partial charge in [0.05, 0.1) is 37.9 Å².